The highest BCUT2D eigenvalue weighted by Gasteiger charge is 2.27. The van der Waals surface area contributed by atoms with E-state index < -0.39 is 0 Å². The van der Waals surface area contributed by atoms with Crippen molar-refractivity contribution in [2.24, 2.45) is 9.98 Å². The van der Waals surface area contributed by atoms with Crippen molar-refractivity contribution < 1.29 is 0 Å². The molecule has 2 heterocycles. The summed E-state index contributed by atoms with van der Waals surface area (Å²) in [6.45, 7) is 0.939. The lowest BCUT2D eigenvalue weighted by Gasteiger charge is -2.20. The molecule has 0 aliphatic carbocycles. The van der Waals surface area contributed by atoms with Crippen LogP contribution in [0, 0.1) is 0 Å². The highest BCUT2D eigenvalue weighted by atomic mass is 32.2. The molecule has 0 N–H and O–H groups in total. The van der Waals surface area contributed by atoms with Crippen LogP contribution < -0.4 is 0 Å². The summed E-state index contributed by atoms with van der Waals surface area (Å²) in [6.07, 6.45) is 3.98. The Kier molecular flexibility index (Phi) is 2.02. The molecule has 0 bridgehead atoms. The molecule has 0 saturated carbocycles. The van der Waals surface area contributed by atoms with Crippen molar-refractivity contribution in [3.05, 3.63) is 29.8 Å². The topological polar surface area (TPSA) is 28.0 Å². The molecule has 0 saturated heterocycles. The largest absolute Gasteiger partial charge is 0.314 e. The molecule has 0 amide bonds. The van der Waals surface area contributed by atoms with Gasteiger partial charge in [0.15, 0.2) is 0 Å². The van der Waals surface area contributed by atoms with Crippen LogP contribution in [0.5, 0.6) is 0 Å². The Morgan fingerprint density at radius 1 is 1.40 bits per heavy atom. The lowest BCUT2D eigenvalue weighted by atomic mass is 10.1. The molecule has 3 rings (SSSR count). The predicted molar refractivity (Wildman–Crippen MR) is 65.1 cm³/mol. The van der Waals surface area contributed by atoms with Crippen molar-refractivity contribution in [1.29, 1.82) is 0 Å². The van der Waals surface area contributed by atoms with Crippen LogP contribution in [0.25, 0.3) is 0 Å². The van der Waals surface area contributed by atoms with Crippen molar-refractivity contribution in [2.75, 3.05) is 12.8 Å². The Hall–Kier alpha value is -1.29. The smallest absolute Gasteiger partial charge is 0.139 e. The van der Waals surface area contributed by atoms with Gasteiger partial charge in [-0.2, -0.15) is 0 Å². The van der Waals surface area contributed by atoms with Crippen molar-refractivity contribution in [3.63, 3.8) is 0 Å². The molecule has 0 spiro atoms. The number of nitrogens with zero attached hydrogens (tertiary/aromatic N) is 3. The van der Waals surface area contributed by atoms with Crippen molar-refractivity contribution >= 4 is 29.6 Å². The standard InChI is InChI=1S/C11H11N3S/c1-15-10-6-14-7-12-9-5-3-2-4-8(9)11(14)13-10/h2-5,7,10H,6H2,1H3. The summed E-state index contributed by atoms with van der Waals surface area (Å²) in [5.74, 6) is 1.07. The summed E-state index contributed by atoms with van der Waals surface area (Å²) in [5.41, 5.74) is 2.17. The third-order valence-electron chi connectivity index (χ3n) is 2.64. The molecule has 1 atom stereocenters. The van der Waals surface area contributed by atoms with E-state index in [0.717, 1.165) is 23.6 Å². The van der Waals surface area contributed by atoms with Gasteiger partial charge < -0.3 is 4.90 Å². The molecule has 0 aromatic heterocycles. The van der Waals surface area contributed by atoms with Gasteiger partial charge >= 0.3 is 0 Å². The molecule has 4 heteroatoms. The van der Waals surface area contributed by atoms with E-state index in [-0.39, 0.29) is 0 Å². The van der Waals surface area contributed by atoms with Gasteiger partial charge in [0, 0.05) is 5.56 Å². The van der Waals surface area contributed by atoms with Crippen LogP contribution in [0.4, 0.5) is 5.69 Å². The van der Waals surface area contributed by atoms with Crippen LogP contribution in [0.1, 0.15) is 5.56 Å². The minimum atomic E-state index is 0.345. The second-order valence-electron chi connectivity index (χ2n) is 3.56. The third-order valence-corrected chi connectivity index (χ3v) is 3.44. The molecule has 2 aliphatic heterocycles. The van der Waals surface area contributed by atoms with Gasteiger partial charge in [-0.3, -0.25) is 4.99 Å². The Balaban J connectivity index is 2.10. The number of hydrogen-bond acceptors (Lipinski definition) is 4. The zero-order chi connectivity index (χ0) is 10.3. The van der Waals surface area contributed by atoms with Gasteiger partial charge in [0.25, 0.3) is 0 Å². The van der Waals surface area contributed by atoms with Crippen LogP contribution in [0.2, 0.25) is 0 Å². The van der Waals surface area contributed by atoms with Crippen LogP contribution in [0.15, 0.2) is 34.3 Å². The molecule has 2 aliphatic rings. The summed E-state index contributed by atoms with van der Waals surface area (Å²) >= 11 is 1.78. The normalized spacial score (nSPS) is 22.3. The average Bonchev–Trinajstić information content (AvgIpc) is 2.72. The Morgan fingerprint density at radius 3 is 3.13 bits per heavy atom. The van der Waals surface area contributed by atoms with Gasteiger partial charge in [0.05, 0.1) is 18.6 Å². The molecular weight excluding hydrogens is 206 g/mol. The molecule has 1 aromatic rings. The molecular formula is C11H11N3S. The van der Waals surface area contributed by atoms with E-state index in [0.29, 0.717) is 5.37 Å². The Bertz CT molecular complexity index is 453. The number of hydrogen-bond donors (Lipinski definition) is 0. The molecule has 1 aromatic carbocycles. The van der Waals surface area contributed by atoms with Crippen molar-refractivity contribution in [1.82, 2.24) is 4.90 Å². The summed E-state index contributed by atoms with van der Waals surface area (Å²) < 4.78 is 0. The van der Waals surface area contributed by atoms with Gasteiger partial charge in [0.2, 0.25) is 0 Å². The van der Waals surface area contributed by atoms with E-state index in [2.05, 4.69) is 27.2 Å². The van der Waals surface area contributed by atoms with E-state index in [1.165, 1.54) is 0 Å². The van der Waals surface area contributed by atoms with E-state index in [1.807, 2.05) is 24.5 Å². The first-order valence-electron chi connectivity index (χ1n) is 4.89. The number of fused-ring (bicyclic) bond motifs is 3. The fourth-order valence-corrected chi connectivity index (χ4v) is 2.38. The first kappa shape index (κ1) is 8.97. The van der Waals surface area contributed by atoms with E-state index >= 15 is 0 Å². The summed E-state index contributed by atoms with van der Waals surface area (Å²) in [4.78, 5) is 11.2. The first-order chi connectivity index (χ1) is 7.38. The summed E-state index contributed by atoms with van der Waals surface area (Å²) in [5, 5.41) is 0.345. The third kappa shape index (κ3) is 1.36. The van der Waals surface area contributed by atoms with E-state index in [4.69, 9.17) is 0 Å². The van der Waals surface area contributed by atoms with Crippen molar-refractivity contribution in [2.45, 2.75) is 5.37 Å². The highest BCUT2D eigenvalue weighted by molar-refractivity contribution is 7.99. The number of rotatable bonds is 1. The molecule has 15 heavy (non-hydrogen) atoms. The van der Waals surface area contributed by atoms with Crippen molar-refractivity contribution in [3.8, 4) is 0 Å². The van der Waals surface area contributed by atoms with Crippen LogP contribution in [0.3, 0.4) is 0 Å². The summed E-state index contributed by atoms with van der Waals surface area (Å²) in [7, 11) is 0. The minimum Gasteiger partial charge on any atom is -0.314 e. The monoisotopic (exact) mass is 217 g/mol. The summed E-state index contributed by atoms with van der Waals surface area (Å²) in [6, 6.07) is 8.15. The van der Waals surface area contributed by atoms with E-state index in [9.17, 15) is 0 Å². The van der Waals surface area contributed by atoms with Gasteiger partial charge in [-0.05, 0) is 18.4 Å². The number of thioether (sulfide) groups is 1. The lowest BCUT2D eigenvalue weighted by Crippen LogP contribution is -2.30. The lowest BCUT2D eigenvalue weighted by molar-refractivity contribution is 0.664. The maximum absolute atomic E-state index is 4.68. The maximum Gasteiger partial charge on any atom is 0.139 e. The van der Waals surface area contributed by atoms with Gasteiger partial charge in [-0.15, -0.1) is 11.8 Å². The van der Waals surface area contributed by atoms with E-state index in [1.54, 1.807) is 11.8 Å². The zero-order valence-corrected chi connectivity index (χ0v) is 9.24. The molecule has 76 valence electrons. The first-order valence-corrected chi connectivity index (χ1v) is 6.18. The van der Waals surface area contributed by atoms with Gasteiger partial charge in [-0.1, -0.05) is 12.1 Å². The quantitative estimate of drug-likeness (QED) is 0.720. The molecule has 0 radical (unpaired) electrons. The van der Waals surface area contributed by atoms with Gasteiger partial charge in [0.1, 0.15) is 11.2 Å². The minimum absolute atomic E-state index is 0.345. The Morgan fingerprint density at radius 2 is 2.27 bits per heavy atom. The highest BCUT2D eigenvalue weighted by Crippen LogP contribution is 2.29. The fourth-order valence-electron chi connectivity index (χ4n) is 1.87. The fraction of sp³-hybridized carbons (Fsp3) is 0.273. The number of aliphatic imine (C=N–C) groups is 2. The zero-order valence-electron chi connectivity index (χ0n) is 8.42. The number of para-hydroxylation sites is 1. The van der Waals surface area contributed by atoms with Crippen LogP contribution in [-0.2, 0) is 0 Å². The predicted octanol–water partition coefficient (Wildman–Crippen LogP) is 2.11. The number of amidine groups is 1. The molecule has 1 unspecified atom stereocenters. The number of benzene rings is 1. The molecule has 3 nitrogen and oxygen atoms in total. The maximum atomic E-state index is 4.68. The second kappa shape index (κ2) is 3.38. The van der Waals surface area contributed by atoms with Crippen LogP contribution >= 0.6 is 11.8 Å². The Labute approximate surface area is 92.9 Å². The second-order valence-corrected chi connectivity index (χ2v) is 4.57. The average molecular weight is 217 g/mol. The SMILES string of the molecule is CSC1CN2C=Nc3ccccc3C2=N1. The molecule has 0 fully saturated rings. The van der Waals surface area contributed by atoms with Crippen LogP contribution in [-0.4, -0.2) is 35.2 Å². The van der Waals surface area contributed by atoms with Gasteiger partial charge in [-0.25, -0.2) is 4.99 Å².